The minimum Gasteiger partial charge on any atom is -0.452 e. The number of carbonyl (C=O) groups excluding carboxylic acids is 2. The number of esters is 1. The highest BCUT2D eigenvalue weighted by Gasteiger charge is 2.09. The van der Waals surface area contributed by atoms with Crippen LogP contribution in [0.4, 0.5) is 0 Å². The molecule has 92 valence electrons. The third kappa shape index (κ3) is 4.68. The summed E-state index contributed by atoms with van der Waals surface area (Å²) >= 11 is 0. The molecule has 4 heteroatoms. The van der Waals surface area contributed by atoms with E-state index < -0.39 is 5.97 Å². The molecule has 4 nitrogen and oxygen atoms in total. The van der Waals surface area contributed by atoms with Crippen molar-refractivity contribution in [1.82, 2.24) is 5.32 Å². The number of hydrogen-bond acceptors (Lipinski definition) is 3. The second kappa shape index (κ2) is 6.68. The molecular formula is C13H17NO3. The Morgan fingerprint density at radius 3 is 2.47 bits per heavy atom. The van der Waals surface area contributed by atoms with Crippen LogP contribution in [-0.4, -0.2) is 25.0 Å². The molecule has 0 saturated carbocycles. The normalized spacial score (nSPS) is 9.76. The van der Waals surface area contributed by atoms with Crippen LogP contribution in [-0.2, 0) is 9.53 Å². The second-order valence-electron chi connectivity index (χ2n) is 3.79. The van der Waals surface area contributed by atoms with Crippen molar-refractivity contribution >= 4 is 11.9 Å². The number of nitrogens with one attached hydrogen (secondary N) is 1. The Morgan fingerprint density at radius 1 is 1.24 bits per heavy atom. The summed E-state index contributed by atoms with van der Waals surface area (Å²) in [6.45, 7) is 4.26. The largest absolute Gasteiger partial charge is 0.452 e. The van der Waals surface area contributed by atoms with Gasteiger partial charge in [0, 0.05) is 6.54 Å². The molecule has 0 aliphatic carbocycles. The van der Waals surface area contributed by atoms with Gasteiger partial charge in [-0.05, 0) is 25.5 Å². The number of rotatable bonds is 5. The van der Waals surface area contributed by atoms with Gasteiger partial charge in [-0.2, -0.15) is 0 Å². The standard InChI is InChI=1S/C13H17NO3/c1-3-8-14-12(15)9-17-13(16)11-6-4-10(2)5-7-11/h4-7H,3,8-9H2,1-2H3,(H,14,15). The van der Waals surface area contributed by atoms with E-state index in [4.69, 9.17) is 4.74 Å². The number of benzene rings is 1. The van der Waals surface area contributed by atoms with E-state index in [2.05, 4.69) is 5.32 Å². The van der Waals surface area contributed by atoms with Gasteiger partial charge in [0.15, 0.2) is 6.61 Å². The topological polar surface area (TPSA) is 55.4 Å². The van der Waals surface area contributed by atoms with Gasteiger partial charge >= 0.3 is 5.97 Å². The molecule has 0 saturated heterocycles. The van der Waals surface area contributed by atoms with Crippen molar-refractivity contribution in [1.29, 1.82) is 0 Å². The monoisotopic (exact) mass is 235 g/mol. The van der Waals surface area contributed by atoms with Gasteiger partial charge in [0.2, 0.25) is 0 Å². The minimum atomic E-state index is -0.475. The van der Waals surface area contributed by atoms with Crippen molar-refractivity contribution in [2.45, 2.75) is 20.3 Å². The first-order chi connectivity index (χ1) is 8.13. The van der Waals surface area contributed by atoms with E-state index in [0.717, 1.165) is 12.0 Å². The quantitative estimate of drug-likeness (QED) is 0.790. The van der Waals surface area contributed by atoms with Crippen molar-refractivity contribution in [3.63, 3.8) is 0 Å². The third-order valence-electron chi connectivity index (χ3n) is 2.19. The van der Waals surface area contributed by atoms with Crippen molar-refractivity contribution < 1.29 is 14.3 Å². The third-order valence-corrected chi connectivity index (χ3v) is 2.19. The van der Waals surface area contributed by atoms with E-state index in [1.165, 1.54) is 0 Å². The maximum absolute atomic E-state index is 11.5. The molecule has 1 aromatic carbocycles. The molecule has 0 atom stereocenters. The molecule has 1 rings (SSSR count). The van der Waals surface area contributed by atoms with Gasteiger partial charge in [0.25, 0.3) is 5.91 Å². The highest BCUT2D eigenvalue weighted by Crippen LogP contribution is 2.04. The van der Waals surface area contributed by atoms with Crippen molar-refractivity contribution in [3.05, 3.63) is 35.4 Å². The van der Waals surface area contributed by atoms with E-state index in [1.807, 2.05) is 26.0 Å². The molecule has 0 heterocycles. The first-order valence-corrected chi connectivity index (χ1v) is 5.64. The summed E-state index contributed by atoms with van der Waals surface area (Å²) in [5, 5.41) is 2.63. The maximum Gasteiger partial charge on any atom is 0.338 e. The molecule has 0 bridgehead atoms. The molecule has 0 radical (unpaired) electrons. The SMILES string of the molecule is CCCNC(=O)COC(=O)c1ccc(C)cc1. The molecule has 0 fully saturated rings. The molecule has 0 aliphatic heterocycles. The van der Waals surface area contributed by atoms with Crippen LogP contribution in [0.2, 0.25) is 0 Å². The highest BCUT2D eigenvalue weighted by molar-refractivity contribution is 5.91. The van der Waals surface area contributed by atoms with Gasteiger partial charge in [-0.15, -0.1) is 0 Å². The Morgan fingerprint density at radius 2 is 1.88 bits per heavy atom. The predicted molar refractivity (Wildman–Crippen MR) is 64.8 cm³/mol. The summed E-state index contributed by atoms with van der Waals surface area (Å²) in [6, 6.07) is 7.02. The number of hydrogen-bond donors (Lipinski definition) is 1. The smallest absolute Gasteiger partial charge is 0.338 e. The lowest BCUT2D eigenvalue weighted by molar-refractivity contribution is -0.124. The van der Waals surface area contributed by atoms with E-state index in [-0.39, 0.29) is 12.5 Å². The van der Waals surface area contributed by atoms with Crippen molar-refractivity contribution in [3.8, 4) is 0 Å². The van der Waals surface area contributed by atoms with Crippen LogP contribution in [0.25, 0.3) is 0 Å². The molecule has 1 aromatic rings. The summed E-state index contributed by atoms with van der Waals surface area (Å²) in [4.78, 5) is 22.7. The summed E-state index contributed by atoms with van der Waals surface area (Å²) in [5.41, 5.74) is 1.53. The molecule has 0 aliphatic rings. The summed E-state index contributed by atoms with van der Waals surface area (Å²) in [7, 11) is 0. The van der Waals surface area contributed by atoms with Crippen LogP contribution in [0.5, 0.6) is 0 Å². The van der Waals surface area contributed by atoms with Gasteiger partial charge in [0.1, 0.15) is 0 Å². The van der Waals surface area contributed by atoms with E-state index in [0.29, 0.717) is 12.1 Å². The van der Waals surface area contributed by atoms with Gasteiger partial charge < -0.3 is 10.1 Å². The molecule has 0 aromatic heterocycles. The van der Waals surface area contributed by atoms with Crippen LogP contribution in [0.3, 0.4) is 0 Å². The van der Waals surface area contributed by atoms with Crippen molar-refractivity contribution in [2.24, 2.45) is 0 Å². The Hall–Kier alpha value is -1.84. The Kier molecular flexibility index (Phi) is 5.20. The van der Waals surface area contributed by atoms with Gasteiger partial charge in [0.05, 0.1) is 5.56 Å². The fourth-order valence-electron chi connectivity index (χ4n) is 1.22. The molecule has 0 spiro atoms. The van der Waals surface area contributed by atoms with Crippen LogP contribution in [0, 0.1) is 6.92 Å². The number of ether oxygens (including phenoxy) is 1. The first kappa shape index (κ1) is 13.2. The van der Waals surface area contributed by atoms with E-state index in [9.17, 15) is 9.59 Å². The first-order valence-electron chi connectivity index (χ1n) is 5.64. The lowest BCUT2D eigenvalue weighted by atomic mass is 10.1. The second-order valence-corrected chi connectivity index (χ2v) is 3.79. The number of carbonyl (C=O) groups is 2. The number of amides is 1. The lowest BCUT2D eigenvalue weighted by Crippen LogP contribution is -2.29. The highest BCUT2D eigenvalue weighted by atomic mass is 16.5. The average Bonchev–Trinajstić information content (AvgIpc) is 2.34. The Balaban J connectivity index is 2.39. The zero-order valence-corrected chi connectivity index (χ0v) is 10.2. The summed E-state index contributed by atoms with van der Waals surface area (Å²) in [5.74, 6) is -0.746. The Bertz CT molecular complexity index is 384. The predicted octanol–water partition coefficient (Wildman–Crippen LogP) is 1.68. The van der Waals surface area contributed by atoms with Crippen LogP contribution >= 0.6 is 0 Å². The fourth-order valence-corrected chi connectivity index (χ4v) is 1.22. The maximum atomic E-state index is 11.5. The summed E-state index contributed by atoms with van der Waals surface area (Å²) < 4.78 is 4.88. The molecular weight excluding hydrogens is 218 g/mol. The molecule has 0 unspecified atom stereocenters. The van der Waals surface area contributed by atoms with Gasteiger partial charge in [-0.25, -0.2) is 4.79 Å². The molecule has 17 heavy (non-hydrogen) atoms. The average molecular weight is 235 g/mol. The van der Waals surface area contributed by atoms with Gasteiger partial charge in [-0.1, -0.05) is 24.6 Å². The van der Waals surface area contributed by atoms with Crippen molar-refractivity contribution in [2.75, 3.05) is 13.2 Å². The number of aryl methyl sites for hydroxylation is 1. The summed E-state index contributed by atoms with van der Waals surface area (Å²) in [6.07, 6.45) is 0.859. The van der Waals surface area contributed by atoms with Crippen LogP contribution in [0.1, 0.15) is 29.3 Å². The zero-order valence-electron chi connectivity index (χ0n) is 10.2. The minimum absolute atomic E-state index is 0.229. The van der Waals surface area contributed by atoms with E-state index >= 15 is 0 Å². The van der Waals surface area contributed by atoms with Crippen LogP contribution in [0.15, 0.2) is 24.3 Å². The fraction of sp³-hybridized carbons (Fsp3) is 0.385. The zero-order chi connectivity index (χ0) is 12.7. The molecule has 1 N–H and O–H groups in total. The Labute approximate surface area is 101 Å². The lowest BCUT2D eigenvalue weighted by Gasteiger charge is -2.05. The molecule has 1 amide bonds. The van der Waals surface area contributed by atoms with Crippen LogP contribution < -0.4 is 5.32 Å². The van der Waals surface area contributed by atoms with E-state index in [1.54, 1.807) is 12.1 Å². The van der Waals surface area contributed by atoms with Gasteiger partial charge in [-0.3, -0.25) is 4.79 Å².